The lowest BCUT2D eigenvalue weighted by molar-refractivity contribution is -0.384. The summed E-state index contributed by atoms with van der Waals surface area (Å²) in [5, 5.41) is 11.2. The van der Waals surface area contributed by atoms with Crippen molar-refractivity contribution in [2.45, 2.75) is 64.8 Å². The summed E-state index contributed by atoms with van der Waals surface area (Å²) in [4.78, 5) is 51.0. The molecule has 0 unspecified atom stereocenters. The molecule has 5 aliphatic rings. The smallest absolute Gasteiger partial charge is 0.316 e. The van der Waals surface area contributed by atoms with Crippen molar-refractivity contribution in [3.8, 4) is 11.3 Å². The molecule has 2 aliphatic heterocycles. The quantitative estimate of drug-likeness (QED) is 0.197. The maximum Gasteiger partial charge on any atom is 0.316 e. The summed E-state index contributed by atoms with van der Waals surface area (Å²) < 4.78 is 24.0. The fraction of sp³-hybridized carbons (Fsp3) is 0.485. The van der Waals surface area contributed by atoms with E-state index < -0.39 is 51.2 Å². The highest BCUT2D eigenvalue weighted by atomic mass is 16.6. The summed E-state index contributed by atoms with van der Waals surface area (Å²) in [6, 6.07) is 8.17. The van der Waals surface area contributed by atoms with E-state index in [9.17, 15) is 24.5 Å². The maximum atomic E-state index is 13.9. The molecule has 0 amide bonds. The number of fused-ring (bicyclic) bond motifs is 4. The first-order valence-corrected chi connectivity index (χ1v) is 14.6. The van der Waals surface area contributed by atoms with Gasteiger partial charge in [0.15, 0.2) is 5.78 Å². The molecule has 1 saturated carbocycles. The summed E-state index contributed by atoms with van der Waals surface area (Å²) in [5.41, 5.74) is 0.833. The third-order valence-corrected chi connectivity index (χ3v) is 11.4. The molecule has 3 aliphatic carbocycles. The maximum absolute atomic E-state index is 13.9. The van der Waals surface area contributed by atoms with Gasteiger partial charge in [0.1, 0.15) is 18.0 Å². The second-order valence-corrected chi connectivity index (χ2v) is 13.2. The normalized spacial score (nSPS) is 38.9. The number of hydrogen-bond donors (Lipinski definition) is 0. The van der Waals surface area contributed by atoms with Gasteiger partial charge in [0.25, 0.3) is 5.69 Å². The largest absolute Gasteiger partial charge is 0.469 e. The van der Waals surface area contributed by atoms with E-state index in [-0.39, 0.29) is 35.9 Å². The monoisotopic (exact) mass is 587 g/mol. The molecule has 3 heterocycles. The number of carbonyl (C=O) groups is 3. The van der Waals surface area contributed by atoms with Crippen molar-refractivity contribution in [2.75, 3.05) is 7.11 Å². The summed E-state index contributed by atoms with van der Waals surface area (Å²) in [5.74, 6) is -1.41. The zero-order valence-corrected chi connectivity index (χ0v) is 24.6. The Balaban J connectivity index is 1.36. The van der Waals surface area contributed by atoms with Crippen molar-refractivity contribution in [3.63, 3.8) is 0 Å². The Bertz CT molecular complexity index is 1650. The van der Waals surface area contributed by atoms with Crippen molar-refractivity contribution < 1.29 is 37.9 Å². The molecule has 0 bridgehead atoms. The predicted molar refractivity (Wildman–Crippen MR) is 151 cm³/mol. The fourth-order valence-corrected chi connectivity index (χ4v) is 9.47. The molecule has 43 heavy (non-hydrogen) atoms. The van der Waals surface area contributed by atoms with Gasteiger partial charge in [-0.25, -0.2) is 0 Å². The first-order chi connectivity index (χ1) is 20.4. The zero-order chi connectivity index (χ0) is 30.6. The van der Waals surface area contributed by atoms with Crippen LogP contribution in [0.1, 0.15) is 52.0 Å². The van der Waals surface area contributed by atoms with Crippen LogP contribution >= 0.6 is 0 Å². The van der Waals surface area contributed by atoms with Gasteiger partial charge in [0.2, 0.25) is 0 Å². The van der Waals surface area contributed by atoms with Gasteiger partial charge >= 0.3 is 11.9 Å². The molecule has 1 aromatic heterocycles. The van der Waals surface area contributed by atoms with Crippen LogP contribution in [0.15, 0.2) is 64.3 Å². The molecule has 224 valence electrons. The number of esters is 2. The highest BCUT2D eigenvalue weighted by Crippen LogP contribution is 2.72. The molecule has 2 saturated heterocycles. The van der Waals surface area contributed by atoms with Gasteiger partial charge in [-0.05, 0) is 56.0 Å². The second kappa shape index (κ2) is 8.98. The van der Waals surface area contributed by atoms with Gasteiger partial charge in [-0.15, -0.1) is 0 Å². The Morgan fingerprint density at radius 1 is 1.12 bits per heavy atom. The average molecular weight is 588 g/mol. The van der Waals surface area contributed by atoms with E-state index in [1.807, 2.05) is 19.9 Å². The minimum absolute atomic E-state index is 0.00511. The van der Waals surface area contributed by atoms with Crippen molar-refractivity contribution in [2.24, 2.45) is 28.1 Å². The lowest BCUT2D eigenvalue weighted by Gasteiger charge is -2.59. The fourth-order valence-electron chi connectivity index (χ4n) is 9.47. The van der Waals surface area contributed by atoms with E-state index >= 15 is 0 Å². The van der Waals surface area contributed by atoms with Gasteiger partial charge in [-0.2, -0.15) is 0 Å². The van der Waals surface area contributed by atoms with Gasteiger partial charge in [-0.1, -0.05) is 25.5 Å². The predicted octanol–water partition coefficient (Wildman–Crippen LogP) is 5.32. The van der Waals surface area contributed by atoms with Crippen LogP contribution in [-0.4, -0.2) is 48.1 Å². The Morgan fingerprint density at radius 3 is 2.51 bits per heavy atom. The average Bonchev–Trinajstić information content (AvgIpc) is 3.72. The highest BCUT2D eigenvalue weighted by Gasteiger charge is 2.77. The Labute approximate surface area is 248 Å². The number of methoxy groups -OCH3 is 1. The lowest BCUT2D eigenvalue weighted by atomic mass is 9.42. The number of nitro groups is 1. The Hall–Kier alpha value is -4.05. The molecule has 2 aromatic rings. The molecule has 0 radical (unpaired) electrons. The van der Waals surface area contributed by atoms with Crippen molar-refractivity contribution in [1.82, 2.24) is 0 Å². The number of nitrogens with zero attached hydrogens (tertiary/aromatic N) is 1. The molecule has 7 rings (SSSR count). The standard InChI is InChI=1S/C33H33NO9/c1-16-20(19-11-13-41-26(19)17-6-8-18(9-7-17)34(38)39)14-21-25(16)33(4)22(15-24(36)40-5)32(3)23(35)10-12-31(2)28(32)27(29(33)42-21)43-30(31)37/h6-13,20-22,27-29H,14-15H2,1-5H3/t20-,21-,22-,27-,28+,29-,31-,32+,33-/m1/s1. The molecule has 3 fully saturated rings. The summed E-state index contributed by atoms with van der Waals surface area (Å²) in [7, 11) is 1.34. The molecular weight excluding hydrogens is 554 g/mol. The Kier molecular flexibility index (Phi) is 5.80. The van der Waals surface area contributed by atoms with E-state index in [1.54, 1.807) is 24.5 Å². The van der Waals surface area contributed by atoms with E-state index in [0.29, 0.717) is 12.2 Å². The molecule has 10 heteroatoms. The Morgan fingerprint density at radius 2 is 1.84 bits per heavy atom. The first kappa shape index (κ1) is 27.8. The molecule has 0 spiro atoms. The van der Waals surface area contributed by atoms with Crippen molar-refractivity contribution >= 4 is 23.4 Å². The van der Waals surface area contributed by atoms with Gasteiger partial charge in [0.05, 0.1) is 36.2 Å². The van der Waals surface area contributed by atoms with E-state index in [2.05, 4.69) is 13.8 Å². The number of allylic oxidation sites excluding steroid dienone is 2. The SMILES string of the molecule is COC(=O)C[C@H]1[C@]2(C)C3=C(C)[C@H](c4ccoc4-c4ccc([N+](=O)[O-])cc4)C[C@H]3O[C@@H]2[C@@H]2OC(=O)[C@]3(C)C=CC(=O)[C@@]1(C)[C@@H]23. The van der Waals surface area contributed by atoms with Gasteiger partial charge < -0.3 is 18.6 Å². The number of furan rings is 1. The lowest BCUT2D eigenvalue weighted by Crippen LogP contribution is -2.66. The van der Waals surface area contributed by atoms with Crippen LogP contribution in [0.3, 0.4) is 0 Å². The van der Waals surface area contributed by atoms with Crippen LogP contribution in [0, 0.1) is 38.2 Å². The van der Waals surface area contributed by atoms with E-state index in [0.717, 1.165) is 22.3 Å². The zero-order valence-electron chi connectivity index (χ0n) is 24.6. The van der Waals surface area contributed by atoms with Gasteiger partial charge in [-0.3, -0.25) is 24.5 Å². The first-order valence-electron chi connectivity index (χ1n) is 14.6. The third-order valence-electron chi connectivity index (χ3n) is 11.4. The van der Waals surface area contributed by atoms with Gasteiger partial charge in [0, 0.05) is 45.9 Å². The van der Waals surface area contributed by atoms with Crippen LogP contribution < -0.4 is 0 Å². The summed E-state index contributed by atoms with van der Waals surface area (Å²) in [6.07, 6.45) is 3.84. The third kappa shape index (κ3) is 3.41. The summed E-state index contributed by atoms with van der Waals surface area (Å²) >= 11 is 0. The van der Waals surface area contributed by atoms with Crippen LogP contribution in [-0.2, 0) is 28.6 Å². The minimum atomic E-state index is -1.08. The highest BCUT2D eigenvalue weighted by molar-refractivity contribution is 6.00. The number of rotatable bonds is 5. The number of carbonyl (C=O) groups excluding carboxylic acids is 3. The number of nitro benzene ring substituents is 1. The van der Waals surface area contributed by atoms with E-state index in [1.165, 1.54) is 25.3 Å². The topological polar surface area (TPSA) is 135 Å². The van der Waals surface area contributed by atoms with Crippen LogP contribution in [0.4, 0.5) is 5.69 Å². The number of hydrogen-bond acceptors (Lipinski definition) is 9. The van der Waals surface area contributed by atoms with Crippen LogP contribution in [0.2, 0.25) is 0 Å². The molecule has 9 atom stereocenters. The number of ether oxygens (including phenoxy) is 3. The van der Waals surface area contributed by atoms with Crippen molar-refractivity contribution in [3.05, 3.63) is 75.6 Å². The molecule has 1 aromatic carbocycles. The van der Waals surface area contributed by atoms with E-state index in [4.69, 9.17) is 18.6 Å². The minimum Gasteiger partial charge on any atom is -0.469 e. The number of non-ortho nitro benzene ring substituents is 1. The van der Waals surface area contributed by atoms with Crippen LogP contribution in [0.5, 0.6) is 0 Å². The van der Waals surface area contributed by atoms with Crippen LogP contribution in [0.25, 0.3) is 11.3 Å². The number of ketones is 1. The molecule has 10 nitrogen and oxygen atoms in total. The van der Waals surface area contributed by atoms with Crippen molar-refractivity contribution in [1.29, 1.82) is 0 Å². The molecular formula is C33H33NO9. The number of benzene rings is 1. The molecule has 0 N–H and O–H groups in total. The second-order valence-electron chi connectivity index (χ2n) is 13.2. The summed E-state index contributed by atoms with van der Waals surface area (Å²) in [6.45, 7) is 7.80.